The summed E-state index contributed by atoms with van der Waals surface area (Å²) >= 11 is 3.67. The number of aliphatic hydroxyl groups excluding tert-OH is 1. The largest absolute Gasteiger partial charge is 0.494 e. The molecule has 4 aromatic rings. The SMILES string of the molecule is COc1cc(CNC(=O)[C@]2(Cc3ccccc3Br)N=C(c3ccc(OCCCO)cc3)O[C@@H]2c2ccccc2CN=[N+]=[N-])cc(OC)c1OC. The standard InChI is InChI=1S/C37H38BrN5O7/c1-46-31-19-24(20-32(47-2)33(31)48-3)22-40-36(45)37(21-26-9-5-7-12-30(26)38)34(29-11-6-4-10-27(29)23-41-43-39)50-35(42-37)25-13-15-28(16-14-25)49-18-8-17-44/h4-7,9-16,19-20,34,44H,8,17-18,21-23H2,1-3H3,(H,40,45)/t34-,37-/m1/s1. The molecule has 1 aliphatic rings. The third-order valence-corrected chi connectivity index (χ3v) is 9.04. The molecule has 2 atom stereocenters. The molecule has 1 heterocycles. The molecule has 0 bridgehead atoms. The monoisotopic (exact) mass is 743 g/mol. The van der Waals surface area contributed by atoms with Crippen molar-refractivity contribution in [3.05, 3.63) is 128 Å². The number of hydrogen-bond donors (Lipinski definition) is 2. The second-order valence-electron chi connectivity index (χ2n) is 11.4. The Morgan fingerprint density at radius 2 is 1.68 bits per heavy atom. The molecule has 13 heteroatoms. The summed E-state index contributed by atoms with van der Waals surface area (Å²) in [5, 5.41) is 16.1. The Hall–Kier alpha value is -5.23. The van der Waals surface area contributed by atoms with Crippen LogP contribution in [0.3, 0.4) is 0 Å². The van der Waals surface area contributed by atoms with Crippen molar-refractivity contribution in [3.8, 4) is 23.0 Å². The second kappa shape index (κ2) is 16.9. The molecule has 0 saturated heterocycles. The summed E-state index contributed by atoms with van der Waals surface area (Å²) in [4.78, 5) is 22.9. The summed E-state index contributed by atoms with van der Waals surface area (Å²) in [6.07, 6.45) is -0.228. The molecule has 0 aromatic heterocycles. The number of carbonyl (C=O) groups is 1. The van der Waals surface area contributed by atoms with Crippen molar-refractivity contribution >= 4 is 27.7 Å². The van der Waals surface area contributed by atoms with Gasteiger partial charge in [0.2, 0.25) is 11.6 Å². The van der Waals surface area contributed by atoms with Crippen molar-refractivity contribution in [3.63, 3.8) is 0 Å². The van der Waals surface area contributed by atoms with Gasteiger partial charge in [-0.05, 0) is 70.2 Å². The van der Waals surface area contributed by atoms with Crippen LogP contribution in [0.15, 0.2) is 99.5 Å². The lowest BCUT2D eigenvalue weighted by Crippen LogP contribution is -2.50. The zero-order valence-electron chi connectivity index (χ0n) is 28.0. The van der Waals surface area contributed by atoms with Crippen molar-refractivity contribution in [1.29, 1.82) is 0 Å². The molecule has 0 saturated carbocycles. The third kappa shape index (κ3) is 7.97. The van der Waals surface area contributed by atoms with E-state index in [1.54, 1.807) is 24.3 Å². The zero-order chi connectivity index (χ0) is 35.5. The number of nitrogens with zero attached hydrogens (tertiary/aromatic N) is 4. The van der Waals surface area contributed by atoms with E-state index in [1.807, 2.05) is 60.7 Å². The van der Waals surface area contributed by atoms with Crippen LogP contribution in [0.25, 0.3) is 10.4 Å². The lowest BCUT2D eigenvalue weighted by Gasteiger charge is -2.32. The summed E-state index contributed by atoms with van der Waals surface area (Å²) in [6, 6.07) is 25.8. The van der Waals surface area contributed by atoms with E-state index in [9.17, 15) is 4.79 Å². The second-order valence-corrected chi connectivity index (χ2v) is 12.2. The Balaban J connectivity index is 1.62. The number of benzene rings is 4. The molecule has 2 N–H and O–H groups in total. The Morgan fingerprint density at radius 3 is 2.32 bits per heavy atom. The van der Waals surface area contributed by atoms with Gasteiger partial charge in [0.25, 0.3) is 5.91 Å². The van der Waals surface area contributed by atoms with Gasteiger partial charge in [-0.25, -0.2) is 4.99 Å². The number of hydrogen-bond acceptors (Lipinski definition) is 9. The Kier molecular flexibility index (Phi) is 12.2. The van der Waals surface area contributed by atoms with Gasteiger partial charge in [-0.15, -0.1) is 0 Å². The van der Waals surface area contributed by atoms with Crippen LogP contribution in [0.2, 0.25) is 0 Å². The van der Waals surface area contributed by atoms with Crippen LogP contribution in [0, 0.1) is 0 Å². The molecule has 0 unspecified atom stereocenters. The van der Waals surface area contributed by atoms with Crippen molar-refractivity contribution < 1.29 is 33.6 Å². The number of aliphatic imine (C=N–C) groups is 1. The summed E-state index contributed by atoms with van der Waals surface area (Å²) in [7, 11) is 4.59. The van der Waals surface area contributed by atoms with Gasteiger partial charge in [-0.2, -0.15) is 0 Å². The lowest BCUT2D eigenvalue weighted by atomic mass is 9.80. The molecule has 0 spiro atoms. The number of rotatable bonds is 16. The van der Waals surface area contributed by atoms with Crippen LogP contribution in [-0.4, -0.2) is 57.0 Å². The fourth-order valence-corrected chi connectivity index (χ4v) is 6.23. The Labute approximate surface area is 298 Å². The van der Waals surface area contributed by atoms with Crippen molar-refractivity contribution in [2.24, 2.45) is 10.1 Å². The molecule has 4 aromatic carbocycles. The molecule has 0 aliphatic carbocycles. The molecule has 1 amide bonds. The molecule has 50 heavy (non-hydrogen) atoms. The number of halogens is 1. The molecular weight excluding hydrogens is 706 g/mol. The predicted octanol–water partition coefficient (Wildman–Crippen LogP) is 6.86. The van der Waals surface area contributed by atoms with Crippen LogP contribution in [-0.2, 0) is 29.0 Å². The van der Waals surface area contributed by atoms with Gasteiger partial charge in [0.1, 0.15) is 5.75 Å². The van der Waals surface area contributed by atoms with E-state index in [0.29, 0.717) is 58.3 Å². The average Bonchev–Trinajstić information content (AvgIpc) is 3.54. The average molecular weight is 745 g/mol. The van der Waals surface area contributed by atoms with Crippen molar-refractivity contribution in [1.82, 2.24) is 5.32 Å². The Bertz CT molecular complexity index is 1860. The van der Waals surface area contributed by atoms with E-state index in [1.165, 1.54) is 21.3 Å². The molecule has 12 nitrogen and oxygen atoms in total. The van der Waals surface area contributed by atoms with Crippen molar-refractivity contribution in [2.75, 3.05) is 34.5 Å². The fourth-order valence-electron chi connectivity index (χ4n) is 5.81. The maximum Gasteiger partial charge on any atom is 0.252 e. The maximum atomic E-state index is 14.9. The van der Waals surface area contributed by atoms with Crippen LogP contribution in [0.1, 0.15) is 40.3 Å². The first-order valence-corrected chi connectivity index (χ1v) is 16.7. The normalized spacial score (nSPS) is 16.4. The number of ether oxygens (including phenoxy) is 5. The molecule has 0 radical (unpaired) electrons. The van der Waals surface area contributed by atoms with Crippen LogP contribution in [0.4, 0.5) is 0 Å². The number of nitrogens with one attached hydrogen (secondary N) is 1. The number of methoxy groups -OCH3 is 3. The highest BCUT2D eigenvalue weighted by molar-refractivity contribution is 9.10. The number of azide groups is 1. The third-order valence-electron chi connectivity index (χ3n) is 8.27. The summed E-state index contributed by atoms with van der Waals surface area (Å²) in [5.41, 5.74) is 11.2. The van der Waals surface area contributed by atoms with Gasteiger partial charge in [-0.3, -0.25) is 4.79 Å². The smallest absolute Gasteiger partial charge is 0.252 e. The van der Waals surface area contributed by atoms with Crippen LogP contribution >= 0.6 is 15.9 Å². The van der Waals surface area contributed by atoms with Crippen LogP contribution < -0.4 is 24.3 Å². The van der Waals surface area contributed by atoms with E-state index in [2.05, 4.69) is 31.3 Å². The highest BCUT2D eigenvalue weighted by atomic mass is 79.9. The van der Waals surface area contributed by atoms with E-state index in [-0.39, 0.29) is 37.9 Å². The topological polar surface area (TPSA) is 157 Å². The summed E-state index contributed by atoms with van der Waals surface area (Å²) < 4.78 is 29.8. The molecule has 260 valence electrons. The van der Waals surface area contributed by atoms with Gasteiger partial charge in [0, 0.05) is 40.9 Å². The first kappa shape index (κ1) is 36.1. The van der Waals surface area contributed by atoms with Crippen LogP contribution in [0.5, 0.6) is 23.0 Å². The van der Waals surface area contributed by atoms with E-state index < -0.39 is 11.6 Å². The van der Waals surface area contributed by atoms with E-state index in [4.69, 9.17) is 39.3 Å². The minimum absolute atomic E-state index is 0.0342. The van der Waals surface area contributed by atoms with Gasteiger partial charge in [-0.1, -0.05) is 63.5 Å². The quantitative estimate of drug-likeness (QED) is 0.0549. The van der Waals surface area contributed by atoms with Gasteiger partial charge in [0.05, 0.1) is 34.5 Å². The number of aliphatic hydroxyl groups is 1. The minimum atomic E-state index is -1.51. The van der Waals surface area contributed by atoms with Gasteiger partial charge >= 0.3 is 0 Å². The first-order chi connectivity index (χ1) is 24.4. The minimum Gasteiger partial charge on any atom is -0.494 e. The highest BCUT2D eigenvalue weighted by Crippen LogP contribution is 2.45. The summed E-state index contributed by atoms with van der Waals surface area (Å²) in [5.74, 6) is 1.86. The van der Waals surface area contributed by atoms with Gasteiger partial charge < -0.3 is 34.1 Å². The Morgan fingerprint density at radius 1 is 1.00 bits per heavy atom. The van der Waals surface area contributed by atoms with Crippen molar-refractivity contribution in [2.45, 2.75) is 37.6 Å². The zero-order valence-corrected chi connectivity index (χ0v) is 29.6. The highest BCUT2D eigenvalue weighted by Gasteiger charge is 2.54. The van der Waals surface area contributed by atoms with E-state index in [0.717, 1.165) is 10.0 Å². The fraction of sp³-hybridized carbons (Fsp3) is 0.297. The summed E-state index contributed by atoms with van der Waals surface area (Å²) in [6.45, 7) is 0.579. The molecular formula is C37H38BrN5O7. The predicted molar refractivity (Wildman–Crippen MR) is 192 cm³/mol. The molecule has 5 rings (SSSR count). The first-order valence-electron chi connectivity index (χ1n) is 15.9. The molecule has 1 aliphatic heterocycles. The lowest BCUT2D eigenvalue weighted by molar-refractivity contribution is -0.129. The maximum absolute atomic E-state index is 14.9. The number of carbonyl (C=O) groups excluding carboxylic acids is 1. The molecule has 0 fully saturated rings. The van der Waals surface area contributed by atoms with Gasteiger partial charge in [0.15, 0.2) is 23.1 Å². The number of amides is 1. The van der Waals surface area contributed by atoms with E-state index >= 15 is 0 Å².